The molecule has 23 heavy (non-hydrogen) atoms. The molecule has 1 aliphatic heterocycles. The van der Waals surface area contributed by atoms with E-state index in [1.54, 1.807) is 6.92 Å². The average molecular weight is 345 g/mol. The summed E-state index contributed by atoms with van der Waals surface area (Å²) >= 11 is 0. The van der Waals surface area contributed by atoms with Crippen molar-refractivity contribution >= 4 is 10.0 Å². The Balaban J connectivity index is 1.97. The van der Waals surface area contributed by atoms with Gasteiger partial charge in [-0.1, -0.05) is 0 Å². The normalized spacial score (nSPS) is 17.9. The highest BCUT2D eigenvalue weighted by Gasteiger charge is 2.22. The number of rotatable bonds is 7. The maximum atomic E-state index is 13.4. The van der Waals surface area contributed by atoms with E-state index in [9.17, 15) is 12.8 Å². The number of ether oxygens (including phenoxy) is 2. The monoisotopic (exact) mass is 345 g/mol. The molecule has 7 heteroatoms. The van der Waals surface area contributed by atoms with Crippen LogP contribution < -0.4 is 9.46 Å². The number of hydrogen-bond donors (Lipinski definition) is 1. The predicted octanol–water partition coefficient (Wildman–Crippen LogP) is 2.63. The molecule has 1 aromatic carbocycles. The summed E-state index contributed by atoms with van der Waals surface area (Å²) < 4.78 is 51.0. The number of benzene rings is 1. The quantitative estimate of drug-likeness (QED) is 0.825. The van der Waals surface area contributed by atoms with Gasteiger partial charge in [-0.25, -0.2) is 17.5 Å². The van der Waals surface area contributed by atoms with Gasteiger partial charge in [-0.05, 0) is 50.3 Å². The molecule has 1 atom stereocenters. The molecule has 1 heterocycles. The van der Waals surface area contributed by atoms with Crippen molar-refractivity contribution in [3.63, 3.8) is 0 Å². The molecular weight excluding hydrogens is 321 g/mol. The Morgan fingerprint density at radius 3 is 2.74 bits per heavy atom. The molecule has 130 valence electrons. The van der Waals surface area contributed by atoms with Crippen LogP contribution in [0.5, 0.6) is 5.75 Å². The van der Waals surface area contributed by atoms with Crippen molar-refractivity contribution < 1.29 is 22.3 Å². The molecule has 1 N–H and O–H groups in total. The first kappa shape index (κ1) is 18.2. The Kier molecular flexibility index (Phi) is 6.38. The van der Waals surface area contributed by atoms with Gasteiger partial charge in [0.1, 0.15) is 11.6 Å². The van der Waals surface area contributed by atoms with E-state index in [2.05, 4.69) is 4.72 Å². The van der Waals surface area contributed by atoms with Gasteiger partial charge in [-0.2, -0.15) is 0 Å². The van der Waals surface area contributed by atoms with Gasteiger partial charge in [0.15, 0.2) is 0 Å². The molecule has 1 fully saturated rings. The van der Waals surface area contributed by atoms with Crippen LogP contribution in [0.1, 0.15) is 37.8 Å². The Morgan fingerprint density at radius 2 is 2.09 bits per heavy atom. The van der Waals surface area contributed by atoms with Crippen molar-refractivity contribution in [3.8, 4) is 5.75 Å². The summed E-state index contributed by atoms with van der Waals surface area (Å²) in [5, 5.41) is 0. The fourth-order valence-electron chi connectivity index (χ4n) is 2.79. The highest BCUT2D eigenvalue weighted by Crippen LogP contribution is 2.26. The maximum absolute atomic E-state index is 13.4. The maximum Gasteiger partial charge on any atom is 0.212 e. The van der Waals surface area contributed by atoms with Crippen LogP contribution in [-0.2, 0) is 14.8 Å². The third-order valence-electron chi connectivity index (χ3n) is 4.15. The third kappa shape index (κ3) is 5.44. The average Bonchev–Trinajstić information content (AvgIpc) is 2.53. The zero-order valence-corrected chi connectivity index (χ0v) is 14.4. The fraction of sp³-hybridized carbons (Fsp3) is 0.625. The minimum Gasteiger partial charge on any atom is -0.496 e. The minimum absolute atomic E-state index is 0.0691. The number of hydrogen-bond acceptors (Lipinski definition) is 4. The van der Waals surface area contributed by atoms with E-state index >= 15 is 0 Å². The number of nitrogens with one attached hydrogen (secondary N) is 1. The van der Waals surface area contributed by atoms with Crippen molar-refractivity contribution in [1.82, 2.24) is 4.72 Å². The number of sulfonamides is 1. The van der Waals surface area contributed by atoms with Gasteiger partial charge >= 0.3 is 0 Å². The largest absolute Gasteiger partial charge is 0.496 e. The molecule has 1 saturated heterocycles. The summed E-state index contributed by atoms with van der Waals surface area (Å²) in [6.45, 7) is 3.09. The summed E-state index contributed by atoms with van der Waals surface area (Å²) in [7, 11) is -1.96. The van der Waals surface area contributed by atoms with Crippen LogP contribution in [0.4, 0.5) is 4.39 Å². The molecule has 0 aromatic heterocycles. The summed E-state index contributed by atoms with van der Waals surface area (Å²) in [6, 6.07) is 3.52. The smallest absolute Gasteiger partial charge is 0.212 e. The molecule has 0 spiro atoms. The highest BCUT2D eigenvalue weighted by molar-refractivity contribution is 7.89. The molecule has 0 amide bonds. The summed E-state index contributed by atoms with van der Waals surface area (Å²) in [4.78, 5) is 0. The van der Waals surface area contributed by atoms with E-state index in [1.807, 2.05) is 0 Å². The topological polar surface area (TPSA) is 64.6 Å². The van der Waals surface area contributed by atoms with Gasteiger partial charge in [0.2, 0.25) is 10.0 Å². The Morgan fingerprint density at radius 1 is 1.39 bits per heavy atom. The van der Waals surface area contributed by atoms with E-state index in [-0.39, 0.29) is 5.75 Å². The zero-order valence-electron chi connectivity index (χ0n) is 13.5. The highest BCUT2D eigenvalue weighted by atomic mass is 32.2. The predicted molar refractivity (Wildman–Crippen MR) is 86.4 cm³/mol. The molecule has 1 aromatic rings. The minimum atomic E-state index is -3.43. The van der Waals surface area contributed by atoms with E-state index < -0.39 is 21.9 Å². The second-order valence-electron chi connectivity index (χ2n) is 5.89. The fourth-order valence-corrected chi connectivity index (χ4v) is 4.22. The first-order valence-corrected chi connectivity index (χ1v) is 9.47. The second kappa shape index (κ2) is 8.08. The van der Waals surface area contributed by atoms with Crippen LogP contribution in [0, 0.1) is 11.7 Å². The van der Waals surface area contributed by atoms with E-state index in [4.69, 9.17) is 9.47 Å². The SMILES string of the molecule is COc1ccc(F)cc1C(C)NS(=O)(=O)CCC1CCOCC1. The lowest BCUT2D eigenvalue weighted by Crippen LogP contribution is -2.31. The zero-order chi connectivity index (χ0) is 16.9. The lowest BCUT2D eigenvalue weighted by atomic mass is 9.98. The Bertz CT molecular complexity index is 615. The van der Waals surface area contributed by atoms with Gasteiger partial charge in [0.05, 0.1) is 12.9 Å². The molecule has 0 radical (unpaired) electrons. The molecular formula is C16H24FNO4S. The molecule has 0 saturated carbocycles. The van der Waals surface area contributed by atoms with Crippen LogP contribution in [0.15, 0.2) is 18.2 Å². The van der Waals surface area contributed by atoms with Gasteiger partial charge in [0, 0.05) is 24.8 Å². The van der Waals surface area contributed by atoms with Gasteiger partial charge in [0.25, 0.3) is 0 Å². The van der Waals surface area contributed by atoms with Crippen molar-refractivity contribution in [2.75, 3.05) is 26.1 Å². The van der Waals surface area contributed by atoms with Crippen LogP contribution in [0.25, 0.3) is 0 Å². The van der Waals surface area contributed by atoms with Gasteiger partial charge < -0.3 is 9.47 Å². The van der Waals surface area contributed by atoms with Crippen LogP contribution in [0.3, 0.4) is 0 Å². The van der Waals surface area contributed by atoms with Gasteiger partial charge in [-0.15, -0.1) is 0 Å². The second-order valence-corrected chi connectivity index (χ2v) is 7.76. The van der Waals surface area contributed by atoms with Crippen molar-refractivity contribution in [2.45, 2.75) is 32.2 Å². The van der Waals surface area contributed by atoms with Crippen LogP contribution in [-0.4, -0.2) is 34.5 Å². The Labute approximate surface area is 137 Å². The number of halogens is 1. The lowest BCUT2D eigenvalue weighted by Gasteiger charge is -2.22. The van der Waals surface area contributed by atoms with Crippen LogP contribution in [0.2, 0.25) is 0 Å². The Hall–Kier alpha value is -1.18. The number of methoxy groups -OCH3 is 1. The van der Waals surface area contributed by atoms with Gasteiger partial charge in [-0.3, -0.25) is 0 Å². The summed E-state index contributed by atoms with van der Waals surface area (Å²) in [5.41, 5.74) is 0.488. The molecule has 1 aliphatic rings. The van der Waals surface area contributed by atoms with E-state index in [0.717, 1.165) is 12.8 Å². The standard InChI is InChI=1S/C16H24FNO4S/c1-12(15-11-14(17)3-4-16(15)21-2)18-23(19,20)10-7-13-5-8-22-9-6-13/h3-4,11-13,18H,5-10H2,1-2H3. The molecule has 1 unspecified atom stereocenters. The van der Waals surface area contributed by atoms with E-state index in [1.165, 1.54) is 25.3 Å². The van der Waals surface area contributed by atoms with Crippen molar-refractivity contribution in [1.29, 1.82) is 0 Å². The first-order valence-electron chi connectivity index (χ1n) is 7.82. The lowest BCUT2D eigenvalue weighted by molar-refractivity contribution is 0.0655. The molecule has 5 nitrogen and oxygen atoms in total. The summed E-state index contributed by atoms with van der Waals surface area (Å²) in [6.07, 6.45) is 2.43. The van der Waals surface area contributed by atoms with Crippen molar-refractivity contribution in [2.24, 2.45) is 5.92 Å². The molecule has 2 rings (SSSR count). The first-order chi connectivity index (χ1) is 10.9. The third-order valence-corrected chi connectivity index (χ3v) is 5.64. The van der Waals surface area contributed by atoms with Crippen molar-refractivity contribution in [3.05, 3.63) is 29.6 Å². The molecule has 0 bridgehead atoms. The molecule has 0 aliphatic carbocycles. The summed E-state index contributed by atoms with van der Waals surface area (Å²) in [5.74, 6) is 0.499. The van der Waals surface area contributed by atoms with Crippen LogP contribution >= 0.6 is 0 Å². The van der Waals surface area contributed by atoms with E-state index in [0.29, 0.717) is 36.9 Å².